The highest BCUT2D eigenvalue weighted by molar-refractivity contribution is 7.20. The molecule has 0 atom stereocenters. The summed E-state index contributed by atoms with van der Waals surface area (Å²) in [6.45, 7) is 3.98. The van der Waals surface area contributed by atoms with Gasteiger partial charge in [0.05, 0.1) is 18.8 Å². The summed E-state index contributed by atoms with van der Waals surface area (Å²) < 4.78 is 11.2. The van der Waals surface area contributed by atoms with Crippen molar-refractivity contribution in [3.05, 3.63) is 70.8 Å². The minimum absolute atomic E-state index is 0.0749. The van der Waals surface area contributed by atoms with Crippen molar-refractivity contribution in [3.63, 3.8) is 0 Å². The van der Waals surface area contributed by atoms with E-state index in [9.17, 15) is 9.59 Å². The Morgan fingerprint density at radius 1 is 1.06 bits per heavy atom. The van der Waals surface area contributed by atoms with E-state index in [0.29, 0.717) is 42.6 Å². The topological polar surface area (TPSA) is 67.9 Å². The van der Waals surface area contributed by atoms with Crippen LogP contribution in [0.5, 0.6) is 5.75 Å². The fourth-order valence-corrected chi connectivity index (χ4v) is 5.82. The highest BCUT2D eigenvalue weighted by Crippen LogP contribution is 2.40. The van der Waals surface area contributed by atoms with Crippen LogP contribution in [-0.4, -0.2) is 49.6 Å². The first kappa shape index (κ1) is 22.6. The Kier molecular flexibility index (Phi) is 6.65. The van der Waals surface area contributed by atoms with Crippen LogP contribution in [0.2, 0.25) is 0 Å². The zero-order valence-corrected chi connectivity index (χ0v) is 20.1. The van der Waals surface area contributed by atoms with Crippen molar-refractivity contribution in [2.75, 3.05) is 38.2 Å². The molecule has 0 spiro atoms. The summed E-state index contributed by atoms with van der Waals surface area (Å²) in [6, 6.07) is 16.0. The molecule has 0 unspecified atom stereocenters. The van der Waals surface area contributed by atoms with Crippen LogP contribution in [0.4, 0.5) is 5.00 Å². The quantitative estimate of drug-likeness (QED) is 0.560. The van der Waals surface area contributed by atoms with Crippen molar-refractivity contribution < 1.29 is 19.1 Å². The predicted octanol–water partition coefficient (Wildman–Crippen LogP) is 4.70. The van der Waals surface area contributed by atoms with Gasteiger partial charge in [-0.25, -0.2) is 0 Å². The second kappa shape index (κ2) is 9.99. The number of amides is 2. The lowest BCUT2D eigenvalue weighted by molar-refractivity contribution is -0.118. The molecular weight excluding hydrogens is 448 g/mol. The highest BCUT2D eigenvalue weighted by atomic mass is 32.1. The van der Waals surface area contributed by atoms with Gasteiger partial charge in [-0.2, -0.15) is 0 Å². The number of thiophene rings is 1. The zero-order valence-electron chi connectivity index (χ0n) is 19.3. The van der Waals surface area contributed by atoms with Gasteiger partial charge in [0.2, 0.25) is 0 Å². The number of nitrogens with one attached hydrogen (secondary N) is 1. The van der Waals surface area contributed by atoms with Gasteiger partial charge >= 0.3 is 0 Å². The maximum atomic E-state index is 13.4. The smallest absolute Gasteiger partial charge is 0.262 e. The van der Waals surface area contributed by atoms with Gasteiger partial charge in [0, 0.05) is 18.0 Å². The number of ether oxygens (including phenoxy) is 2. The van der Waals surface area contributed by atoms with Crippen LogP contribution in [0.1, 0.15) is 33.5 Å². The molecule has 2 aliphatic rings. The number of rotatable bonds is 6. The molecule has 1 fully saturated rings. The standard InChI is InChI=1S/C27H28N2O4S/c1-18-24(27(31)29-12-14-32-15-13-29)26(34-25(18)20-6-3-2-4-7-20)28-23(30)17-33-22-11-10-19-8-5-9-21(19)16-22/h2-4,6-7,10-11,16H,5,8-9,12-15,17H2,1H3,(H,28,30). The van der Waals surface area contributed by atoms with Crippen molar-refractivity contribution in [1.82, 2.24) is 4.90 Å². The van der Waals surface area contributed by atoms with E-state index in [4.69, 9.17) is 9.47 Å². The molecule has 1 saturated heterocycles. The summed E-state index contributed by atoms with van der Waals surface area (Å²) in [5.74, 6) is 0.346. The van der Waals surface area contributed by atoms with Crippen molar-refractivity contribution in [2.24, 2.45) is 0 Å². The number of hydrogen-bond donors (Lipinski definition) is 1. The number of hydrogen-bond acceptors (Lipinski definition) is 5. The molecule has 1 aliphatic carbocycles. The lowest BCUT2D eigenvalue weighted by Crippen LogP contribution is -2.41. The van der Waals surface area contributed by atoms with Crippen molar-refractivity contribution >= 4 is 28.2 Å². The molecule has 0 saturated carbocycles. The third kappa shape index (κ3) is 4.72. The fraction of sp³-hybridized carbons (Fsp3) is 0.333. The van der Waals surface area contributed by atoms with Crippen LogP contribution in [0, 0.1) is 6.92 Å². The normalized spacial score (nSPS) is 15.1. The van der Waals surface area contributed by atoms with E-state index in [1.54, 1.807) is 4.90 Å². The van der Waals surface area contributed by atoms with Crippen LogP contribution in [0.15, 0.2) is 48.5 Å². The maximum absolute atomic E-state index is 13.4. The van der Waals surface area contributed by atoms with Gasteiger partial charge in [0.1, 0.15) is 10.8 Å². The number of morpholine rings is 1. The summed E-state index contributed by atoms with van der Waals surface area (Å²) in [6.07, 6.45) is 3.33. The van der Waals surface area contributed by atoms with E-state index < -0.39 is 0 Å². The van der Waals surface area contributed by atoms with Crippen LogP contribution in [0.25, 0.3) is 10.4 Å². The first-order valence-electron chi connectivity index (χ1n) is 11.7. The van der Waals surface area contributed by atoms with E-state index in [0.717, 1.165) is 28.8 Å². The molecule has 7 heteroatoms. The monoisotopic (exact) mass is 476 g/mol. The molecule has 176 valence electrons. The molecule has 1 aliphatic heterocycles. The van der Waals surface area contributed by atoms with Gasteiger partial charge in [0.25, 0.3) is 11.8 Å². The van der Waals surface area contributed by atoms with Gasteiger partial charge < -0.3 is 19.7 Å². The molecule has 2 amide bonds. The average Bonchev–Trinajstić information content (AvgIpc) is 3.47. The molecule has 0 radical (unpaired) electrons. The van der Waals surface area contributed by atoms with Gasteiger partial charge in [-0.05, 0) is 60.6 Å². The molecule has 3 aromatic rings. The Morgan fingerprint density at radius 3 is 2.62 bits per heavy atom. The lowest BCUT2D eigenvalue weighted by Gasteiger charge is -2.27. The number of carbonyl (C=O) groups is 2. The Balaban J connectivity index is 1.36. The second-order valence-corrected chi connectivity index (χ2v) is 9.67. The Morgan fingerprint density at radius 2 is 1.82 bits per heavy atom. The van der Waals surface area contributed by atoms with Crippen LogP contribution >= 0.6 is 11.3 Å². The van der Waals surface area contributed by atoms with Crippen LogP contribution in [-0.2, 0) is 22.4 Å². The van der Waals surface area contributed by atoms with E-state index in [1.165, 1.54) is 28.9 Å². The maximum Gasteiger partial charge on any atom is 0.262 e. The molecule has 34 heavy (non-hydrogen) atoms. The Hall–Kier alpha value is -3.16. The van der Waals surface area contributed by atoms with E-state index >= 15 is 0 Å². The van der Waals surface area contributed by atoms with Crippen LogP contribution < -0.4 is 10.1 Å². The summed E-state index contributed by atoms with van der Waals surface area (Å²) in [7, 11) is 0. The first-order valence-corrected chi connectivity index (χ1v) is 12.5. The molecule has 0 bridgehead atoms. The lowest BCUT2D eigenvalue weighted by atomic mass is 10.1. The van der Waals surface area contributed by atoms with Crippen molar-refractivity contribution in [1.29, 1.82) is 0 Å². The predicted molar refractivity (Wildman–Crippen MR) is 134 cm³/mol. The zero-order chi connectivity index (χ0) is 23.5. The molecule has 5 rings (SSSR count). The van der Waals surface area contributed by atoms with Gasteiger partial charge in [-0.3, -0.25) is 9.59 Å². The second-order valence-electron chi connectivity index (χ2n) is 8.65. The summed E-state index contributed by atoms with van der Waals surface area (Å²) in [5, 5.41) is 3.53. The summed E-state index contributed by atoms with van der Waals surface area (Å²) in [4.78, 5) is 29.1. The Labute approximate surface area is 203 Å². The third-order valence-corrected chi connectivity index (χ3v) is 7.64. The van der Waals surface area contributed by atoms with Gasteiger partial charge in [-0.15, -0.1) is 11.3 Å². The van der Waals surface area contributed by atoms with E-state index in [1.807, 2.05) is 49.4 Å². The molecular formula is C27H28N2O4S. The highest BCUT2D eigenvalue weighted by Gasteiger charge is 2.28. The third-order valence-electron chi connectivity index (χ3n) is 6.39. The van der Waals surface area contributed by atoms with Crippen molar-refractivity contribution in [2.45, 2.75) is 26.2 Å². The van der Waals surface area contributed by atoms with Gasteiger partial charge in [-0.1, -0.05) is 36.4 Å². The fourth-order valence-electron chi connectivity index (χ4n) is 4.60. The summed E-state index contributed by atoms with van der Waals surface area (Å²) in [5.41, 5.74) is 5.12. The SMILES string of the molecule is Cc1c(-c2ccccc2)sc(NC(=O)COc2ccc3c(c2)CCC3)c1C(=O)N1CCOCC1. The largest absolute Gasteiger partial charge is 0.484 e. The minimum atomic E-state index is -0.280. The van der Waals surface area contributed by atoms with Crippen molar-refractivity contribution in [3.8, 4) is 16.2 Å². The number of fused-ring (bicyclic) bond motifs is 1. The van der Waals surface area contributed by atoms with Gasteiger partial charge in [0.15, 0.2) is 6.61 Å². The van der Waals surface area contributed by atoms with E-state index in [-0.39, 0.29) is 18.4 Å². The number of anilines is 1. The number of aryl methyl sites for hydroxylation is 2. The molecule has 2 aromatic carbocycles. The molecule has 2 heterocycles. The number of nitrogens with zero attached hydrogens (tertiary/aromatic N) is 1. The number of benzene rings is 2. The summed E-state index contributed by atoms with van der Waals surface area (Å²) >= 11 is 1.43. The molecule has 1 aromatic heterocycles. The molecule has 1 N–H and O–H groups in total. The number of carbonyl (C=O) groups excluding carboxylic acids is 2. The molecule has 6 nitrogen and oxygen atoms in total. The van der Waals surface area contributed by atoms with Crippen LogP contribution in [0.3, 0.4) is 0 Å². The average molecular weight is 477 g/mol. The minimum Gasteiger partial charge on any atom is -0.484 e. The first-order chi connectivity index (χ1) is 16.6. The van der Waals surface area contributed by atoms with E-state index in [2.05, 4.69) is 11.4 Å². The Bertz CT molecular complexity index is 1200.